The molecule has 0 bridgehead atoms. The SMILES string of the molecule is CN(C(=O)CC1Cc2ccccc2C1)[C@H]1CCc2c(c3cc(F)ccc3n2CC(=O)O)C1. The zero-order chi connectivity index (χ0) is 22.4. The van der Waals surface area contributed by atoms with Gasteiger partial charge in [-0.2, -0.15) is 0 Å². The van der Waals surface area contributed by atoms with E-state index in [0.29, 0.717) is 25.2 Å². The van der Waals surface area contributed by atoms with Crippen LogP contribution in [-0.4, -0.2) is 39.5 Å². The van der Waals surface area contributed by atoms with Crippen molar-refractivity contribution in [2.45, 2.75) is 51.1 Å². The maximum Gasteiger partial charge on any atom is 0.323 e. The van der Waals surface area contributed by atoms with Crippen molar-refractivity contribution in [3.05, 3.63) is 70.7 Å². The number of carbonyl (C=O) groups is 2. The Bertz CT molecular complexity index is 1190. The number of carboxylic acids is 1. The minimum absolute atomic E-state index is 0.0333. The largest absolute Gasteiger partial charge is 0.480 e. The van der Waals surface area contributed by atoms with Gasteiger partial charge in [0, 0.05) is 36.1 Å². The van der Waals surface area contributed by atoms with Crippen LogP contribution in [0.4, 0.5) is 4.39 Å². The number of halogens is 1. The van der Waals surface area contributed by atoms with Crippen LogP contribution in [0.3, 0.4) is 0 Å². The second-order valence-electron chi connectivity index (χ2n) is 9.21. The number of aromatic nitrogens is 1. The Kier molecular flexibility index (Phi) is 5.24. The molecule has 1 atom stereocenters. The Morgan fingerprint density at radius 3 is 2.53 bits per heavy atom. The van der Waals surface area contributed by atoms with Gasteiger partial charge in [0.25, 0.3) is 0 Å². The molecule has 1 aromatic heterocycles. The molecule has 0 radical (unpaired) electrons. The molecule has 5 rings (SSSR count). The number of fused-ring (bicyclic) bond motifs is 4. The third-order valence-electron chi connectivity index (χ3n) is 7.24. The smallest absolute Gasteiger partial charge is 0.323 e. The van der Waals surface area contributed by atoms with Crippen LogP contribution >= 0.6 is 0 Å². The van der Waals surface area contributed by atoms with Crippen molar-refractivity contribution in [2.75, 3.05) is 7.05 Å². The highest BCUT2D eigenvalue weighted by molar-refractivity contribution is 5.87. The van der Waals surface area contributed by atoms with Crippen molar-refractivity contribution in [1.29, 1.82) is 0 Å². The second-order valence-corrected chi connectivity index (χ2v) is 9.21. The van der Waals surface area contributed by atoms with Crippen LogP contribution in [0.5, 0.6) is 0 Å². The van der Waals surface area contributed by atoms with Crippen LogP contribution in [-0.2, 0) is 41.8 Å². The number of amides is 1. The monoisotopic (exact) mass is 434 g/mol. The van der Waals surface area contributed by atoms with Crippen LogP contribution < -0.4 is 0 Å². The second kappa shape index (κ2) is 8.08. The summed E-state index contributed by atoms with van der Waals surface area (Å²) in [6, 6.07) is 13.0. The number of benzene rings is 2. The van der Waals surface area contributed by atoms with Crippen LogP contribution in [0.2, 0.25) is 0 Å². The van der Waals surface area contributed by atoms with Crippen molar-refractivity contribution in [2.24, 2.45) is 5.92 Å². The van der Waals surface area contributed by atoms with Gasteiger partial charge in [0.05, 0.1) is 0 Å². The highest BCUT2D eigenvalue weighted by atomic mass is 19.1. The molecule has 2 aromatic carbocycles. The highest BCUT2D eigenvalue weighted by Crippen LogP contribution is 2.35. The number of nitrogens with zero attached hydrogens (tertiary/aromatic N) is 2. The Morgan fingerprint density at radius 1 is 1.12 bits per heavy atom. The first-order valence-electron chi connectivity index (χ1n) is 11.2. The summed E-state index contributed by atoms with van der Waals surface area (Å²) in [6.45, 7) is -0.140. The Morgan fingerprint density at radius 2 is 1.84 bits per heavy atom. The molecule has 166 valence electrons. The molecule has 2 aliphatic rings. The number of aliphatic carboxylic acids is 1. The molecule has 3 aromatic rings. The molecule has 32 heavy (non-hydrogen) atoms. The predicted molar refractivity (Wildman–Crippen MR) is 120 cm³/mol. The van der Waals surface area contributed by atoms with Gasteiger partial charge < -0.3 is 14.6 Å². The average Bonchev–Trinajstić information content (AvgIpc) is 3.31. The highest BCUT2D eigenvalue weighted by Gasteiger charge is 2.32. The van der Waals surface area contributed by atoms with Gasteiger partial charge in [-0.3, -0.25) is 9.59 Å². The molecule has 0 spiro atoms. The van der Waals surface area contributed by atoms with E-state index in [1.54, 1.807) is 10.6 Å². The van der Waals surface area contributed by atoms with Gasteiger partial charge in [-0.1, -0.05) is 24.3 Å². The number of hydrogen-bond donors (Lipinski definition) is 1. The fraction of sp³-hybridized carbons (Fsp3) is 0.385. The van der Waals surface area contributed by atoms with Gasteiger partial charge in [-0.15, -0.1) is 0 Å². The van der Waals surface area contributed by atoms with Gasteiger partial charge in [0.15, 0.2) is 0 Å². The van der Waals surface area contributed by atoms with Gasteiger partial charge in [0.2, 0.25) is 5.91 Å². The van der Waals surface area contributed by atoms with E-state index >= 15 is 0 Å². The number of carboxylic acid groups (broad SMARTS) is 1. The average molecular weight is 435 g/mol. The molecule has 5 nitrogen and oxygen atoms in total. The third-order valence-corrected chi connectivity index (χ3v) is 7.24. The van der Waals surface area contributed by atoms with Crippen molar-refractivity contribution >= 4 is 22.8 Å². The summed E-state index contributed by atoms with van der Waals surface area (Å²) in [7, 11) is 1.87. The lowest BCUT2D eigenvalue weighted by Gasteiger charge is -2.32. The summed E-state index contributed by atoms with van der Waals surface area (Å²) < 4.78 is 15.8. The van der Waals surface area contributed by atoms with Gasteiger partial charge in [0.1, 0.15) is 12.4 Å². The summed E-state index contributed by atoms with van der Waals surface area (Å²) in [4.78, 5) is 26.4. The molecular formula is C26H27FN2O3. The number of likely N-dealkylation sites (N-methyl/N-ethyl adjacent to an activating group) is 1. The summed E-state index contributed by atoms with van der Waals surface area (Å²) >= 11 is 0. The molecular weight excluding hydrogens is 407 g/mol. The third kappa shape index (κ3) is 3.68. The first-order valence-corrected chi connectivity index (χ1v) is 11.2. The lowest BCUT2D eigenvalue weighted by Crippen LogP contribution is -2.41. The van der Waals surface area contributed by atoms with Gasteiger partial charge in [-0.25, -0.2) is 4.39 Å². The minimum Gasteiger partial charge on any atom is -0.480 e. The Balaban J connectivity index is 1.34. The molecule has 0 saturated carbocycles. The summed E-state index contributed by atoms with van der Waals surface area (Å²) in [5, 5.41) is 10.1. The van der Waals surface area contributed by atoms with Gasteiger partial charge in [-0.05, 0) is 72.9 Å². The molecule has 0 unspecified atom stereocenters. The van der Waals surface area contributed by atoms with E-state index < -0.39 is 5.97 Å². The fourth-order valence-electron chi connectivity index (χ4n) is 5.64. The lowest BCUT2D eigenvalue weighted by atomic mass is 9.90. The van der Waals surface area contributed by atoms with E-state index in [1.807, 2.05) is 11.9 Å². The summed E-state index contributed by atoms with van der Waals surface area (Å²) in [5.74, 6) is -0.758. The van der Waals surface area contributed by atoms with Gasteiger partial charge >= 0.3 is 5.97 Å². The molecule has 1 heterocycles. The molecule has 0 saturated heterocycles. The van der Waals surface area contributed by atoms with E-state index in [2.05, 4.69) is 24.3 Å². The summed E-state index contributed by atoms with van der Waals surface area (Å²) in [6.07, 6.45) is 4.51. The maximum atomic E-state index is 14.0. The summed E-state index contributed by atoms with van der Waals surface area (Å²) in [5.41, 5.74) is 5.38. The molecule has 0 aliphatic heterocycles. The minimum atomic E-state index is -0.916. The maximum absolute atomic E-state index is 14.0. The number of rotatable bonds is 5. The van der Waals surface area contributed by atoms with E-state index in [9.17, 15) is 19.1 Å². The van der Waals surface area contributed by atoms with E-state index in [4.69, 9.17) is 0 Å². The van der Waals surface area contributed by atoms with E-state index in [1.165, 1.54) is 23.3 Å². The first kappa shape index (κ1) is 20.7. The van der Waals surface area contributed by atoms with Crippen molar-refractivity contribution in [1.82, 2.24) is 9.47 Å². The molecule has 6 heteroatoms. The van der Waals surface area contributed by atoms with Crippen molar-refractivity contribution in [3.63, 3.8) is 0 Å². The van der Waals surface area contributed by atoms with E-state index in [0.717, 1.165) is 41.4 Å². The van der Waals surface area contributed by atoms with Crippen LogP contribution in [0.25, 0.3) is 10.9 Å². The quantitative estimate of drug-likeness (QED) is 0.661. The van der Waals surface area contributed by atoms with Crippen LogP contribution in [0, 0.1) is 11.7 Å². The number of hydrogen-bond acceptors (Lipinski definition) is 2. The van der Waals surface area contributed by atoms with Crippen molar-refractivity contribution in [3.8, 4) is 0 Å². The van der Waals surface area contributed by atoms with Crippen LogP contribution in [0.1, 0.15) is 35.2 Å². The molecule has 0 fully saturated rings. The zero-order valence-corrected chi connectivity index (χ0v) is 18.2. The normalized spacial score (nSPS) is 17.9. The topological polar surface area (TPSA) is 62.5 Å². The van der Waals surface area contributed by atoms with Crippen LogP contribution in [0.15, 0.2) is 42.5 Å². The number of carbonyl (C=O) groups excluding carboxylic acids is 1. The fourth-order valence-corrected chi connectivity index (χ4v) is 5.64. The molecule has 1 N–H and O–H groups in total. The lowest BCUT2D eigenvalue weighted by molar-refractivity contribution is -0.137. The van der Waals surface area contributed by atoms with Crippen molar-refractivity contribution < 1.29 is 19.1 Å². The van der Waals surface area contributed by atoms with E-state index in [-0.39, 0.29) is 24.3 Å². The predicted octanol–water partition coefficient (Wildman–Crippen LogP) is 3.99. The zero-order valence-electron chi connectivity index (χ0n) is 18.2. The standard InChI is InChI=1S/C26H27FN2O3/c1-28(25(30)12-16-10-17-4-2-3-5-18(17)11-16)20-7-9-24-22(14-20)21-13-19(27)6-8-23(21)29(24)15-26(31)32/h2-6,8,13,16,20H,7,9-12,14-15H2,1H3,(H,31,32)/t20-/m0/s1. The Labute approximate surface area is 186 Å². The molecule has 2 aliphatic carbocycles. The molecule has 1 amide bonds. The first-order chi connectivity index (χ1) is 15.4. The Hall–Kier alpha value is -3.15.